The molecule has 1 fully saturated rings. The summed E-state index contributed by atoms with van der Waals surface area (Å²) >= 11 is 0. The number of ether oxygens (including phenoxy) is 2. The molecule has 1 aromatic carbocycles. The zero-order valence-electron chi connectivity index (χ0n) is 10.6. The lowest BCUT2D eigenvalue weighted by Crippen LogP contribution is -2.47. The van der Waals surface area contributed by atoms with E-state index in [0.29, 0.717) is 17.0 Å². The molecule has 0 bridgehead atoms. The van der Waals surface area contributed by atoms with E-state index in [1.807, 2.05) is 0 Å². The van der Waals surface area contributed by atoms with E-state index in [0.717, 1.165) is 12.8 Å². The molecule has 0 aliphatic heterocycles. The van der Waals surface area contributed by atoms with Gasteiger partial charge in [-0.3, -0.25) is 4.79 Å². The highest BCUT2D eigenvalue weighted by Gasteiger charge is 2.30. The molecule has 1 aliphatic rings. The number of rotatable bonds is 4. The van der Waals surface area contributed by atoms with Crippen molar-refractivity contribution in [3.8, 4) is 5.75 Å². The second kappa shape index (κ2) is 5.27. The largest absolute Gasteiger partial charge is 0.495 e. The summed E-state index contributed by atoms with van der Waals surface area (Å²) < 4.78 is 10.3. The van der Waals surface area contributed by atoms with Crippen LogP contribution in [0.5, 0.6) is 5.75 Å². The van der Waals surface area contributed by atoms with Gasteiger partial charge in [-0.1, -0.05) is 6.07 Å². The van der Waals surface area contributed by atoms with Crippen molar-refractivity contribution in [3.63, 3.8) is 0 Å². The summed E-state index contributed by atoms with van der Waals surface area (Å²) in [5.74, 6) is 0.358. The van der Waals surface area contributed by atoms with Crippen LogP contribution >= 0.6 is 0 Å². The lowest BCUT2D eigenvalue weighted by Gasteiger charge is -2.34. The quantitative estimate of drug-likeness (QED) is 0.787. The highest BCUT2D eigenvalue weighted by molar-refractivity contribution is 6.00. The zero-order chi connectivity index (χ0) is 13.1. The number of nitrogens with one attached hydrogen (secondary N) is 1. The molecule has 0 aromatic heterocycles. The van der Waals surface area contributed by atoms with Crippen molar-refractivity contribution in [1.29, 1.82) is 0 Å². The standard InChI is InChI=1S/C13H18N2O3/c1-17-9-6-8(7-9)15-13(16)10-4-3-5-11(18-2)12(10)14/h3-5,8-9H,6-7,14H2,1-2H3,(H,15,16). The molecule has 0 saturated heterocycles. The lowest BCUT2D eigenvalue weighted by molar-refractivity contribution is 0.0176. The Balaban J connectivity index is 2.01. The molecule has 0 heterocycles. The third-order valence-corrected chi connectivity index (χ3v) is 3.29. The van der Waals surface area contributed by atoms with Crippen LogP contribution in [0.25, 0.3) is 0 Å². The highest BCUT2D eigenvalue weighted by atomic mass is 16.5. The SMILES string of the molecule is COc1cccc(C(=O)NC2CC(OC)C2)c1N. The Morgan fingerprint density at radius 1 is 1.39 bits per heavy atom. The minimum absolute atomic E-state index is 0.161. The molecule has 1 saturated carbocycles. The summed E-state index contributed by atoms with van der Waals surface area (Å²) in [6, 6.07) is 5.35. The minimum atomic E-state index is -0.161. The van der Waals surface area contributed by atoms with Gasteiger partial charge in [0.05, 0.1) is 24.5 Å². The fraction of sp³-hybridized carbons (Fsp3) is 0.462. The first kappa shape index (κ1) is 12.7. The summed E-state index contributed by atoms with van der Waals surface area (Å²) in [5.41, 5.74) is 6.70. The number of methoxy groups -OCH3 is 2. The first-order valence-corrected chi connectivity index (χ1v) is 5.91. The van der Waals surface area contributed by atoms with Crippen molar-refractivity contribution >= 4 is 11.6 Å². The molecule has 0 radical (unpaired) electrons. The highest BCUT2D eigenvalue weighted by Crippen LogP contribution is 2.26. The molecule has 5 nitrogen and oxygen atoms in total. The number of carbonyl (C=O) groups is 1. The van der Waals surface area contributed by atoms with Crippen LogP contribution in [-0.2, 0) is 4.74 Å². The first-order chi connectivity index (χ1) is 8.65. The van der Waals surface area contributed by atoms with Crippen molar-refractivity contribution in [1.82, 2.24) is 5.32 Å². The Morgan fingerprint density at radius 2 is 2.11 bits per heavy atom. The van der Waals surface area contributed by atoms with Crippen molar-refractivity contribution in [2.45, 2.75) is 25.0 Å². The molecule has 0 spiro atoms. The van der Waals surface area contributed by atoms with Crippen LogP contribution in [0.15, 0.2) is 18.2 Å². The summed E-state index contributed by atoms with van der Waals surface area (Å²) in [6.07, 6.45) is 1.97. The second-order valence-electron chi connectivity index (χ2n) is 4.42. The van der Waals surface area contributed by atoms with Crippen LogP contribution in [0.4, 0.5) is 5.69 Å². The molecule has 1 aliphatic carbocycles. The molecule has 1 aromatic rings. The average Bonchev–Trinajstić information content (AvgIpc) is 2.33. The van der Waals surface area contributed by atoms with Crippen LogP contribution in [0.1, 0.15) is 23.2 Å². The summed E-state index contributed by atoms with van der Waals surface area (Å²) in [5, 5.41) is 2.93. The van der Waals surface area contributed by atoms with Gasteiger partial charge in [0.2, 0.25) is 0 Å². The number of benzene rings is 1. The molecule has 0 atom stereocenters. The molecule has 18 heavy (non-hydrogen) atoms. The molecule has 0 unspecified atom stereocenters. The van der Waals surface area contributed by atoms with Gasteiger partial charge >= 0.3 is 0 Å². The first-order valence-electron chi connectivity index (χ1n) is 5.91. The van der Waals surface area contributed by atoms with E-state index in [2.05, 4.69) is 5.32 Å². The fourth-order valence-electron chi connectivity index (χ4n) is 2.06. The van der Waals surface area contributed by atoms with E-state index in [9.17, 15) is 4.79 Å². The summed E-state index contributed by atoms with van der Waals surface area (Å²) in [6.45, 7) is 0. The molecular weight excluding hydrogens is 232 g/mol. The molecule has 98 valence electrons. The number of carbonyl (C=O) groups excluding carboxylic acids is 1. The van der Waals surface area contributed by atoms with Crippen molar-refractivity contribution in [2.75, 3.05) is 20.0 Å². The van der Waals surface area contributed by atoms with Gasteiger partial charge in [-0.05, 0) is 25.0 Å². The van der Waals surface area contributed by atoms with Gasteiger partial charge in [0.15, 0.2) is 0 Å². The van der Waals surface area contributed by atoms with Crippen LogP contribution in [0, 0.1) is 0 Å². The Morgan fingerprint density at radius 3 is 2.72 bits per heavy atom. The van der Waals surface area contributed by atoms with Crippen LogP contribution in [-0.4, -0.2) is 32.3 Å². The Kier molecular flexibility index (Phi) is 3.72. The second-order valence-corrected chi connectivity index (χ2v) is 4.42. The van der Waals surface area contributed by atoms with Gasteiger partial charge in [-0.25, -0.2) is 0 Å². The van der Waals surface area contributed by atoms with Crippen molar-refractivity contribution < 1.29 is 14.3 Å². The molecule has 1 amide bonds. The van der Waals surface area contributed by atoms with Gasteiger partial charge in [-0.15, -0.1) is 0 Å². The Hall–Kier alpha value is -1.75. The summed E-state index contributed by atoms with van der Waals surface area (Å²) in [4.78, 5) is 12.0. The summed E-state index contributed by atoms with van der Waals surface area (Å²) in [7, 11) is 3.21. The maximum absolute atomic E-state index is 12.0. The Labute approximate surface area is 106 Å². The topological polar surface area (TPSA) is 73.6 Å². The number of nitrogens with two attached hydrogens (primary N) is 1. The number of anilines is 1. The minimum Gasteiger partial charge on any atom is -0.495 e. The lowest BCUT2D eigenvalue weighted by atomic mass is 9.89. The third-order valence-electron chi connectivity index (χ3n) is 3.29. The van der Waals surface area contributed by atoms with E-state index < -0.39 is 0 Å². The van der Waals surface area contributed by atoms with Gasteiger partial charge < -0.3 is 20.5 Å². The van der Waals surface area contributed by atoms with Gasteiger partial charge in [0.25, 0.3) is 5.91 Å². The van der Waals surface area contributed by atoms with Crippen LogP contribution in [0.3, 0.4) is 0 Å². The smallest absolute Gasteiger partial charge is 0.253 e. The maximum Gasteiger partial charge on any atom is 0.253 e. The van der Waals surface area contributed by atoms with Crippen molar-refractivity contribution in [3.05, 3.63) is 23.8 Å². The predicted octanol–water partition coefficient (Wildman–Crippen LogP) is 1.18. The zero-order valence-corrected chi connectivity index (χ0v) is 10.6. The van der Waals surface area contributed by atoms with E-state index >= 15 is 0 Å². The normalized spacial score (nSPS) is 22.1. The third kappa shape index (κ3) is 2.41. The number of amides is 1. The number of para-hydroxylation sites is 1. The van der Waals surface area contributed by atoms with E-state index in [4.69, 9.17) is 15.2 Å². The van der Waals surface area contributed by atoms with E-state index in [-0.39, 0.29) is 18.1 Å². The van der Waals surface area contributed by atoms with E-state index in [1.54, 1.807) is 25.3 Å². The van der Waals surface area contributed by atoms with Gasteiger partial charge in [0.1, 0.15) is 5.75 Å². The van der Waals surface area contributed by atoms with Gasteiger partial charge in [0, 0.05) is 13.2 Å². The monoisotopic (exact) mass is 250 g/mol. The van der Waals surface area contributed by atoms with Crippen LogP contribution in [0.2, 0.25) is 0 Å². The van der Waals surface area contributed by atoms with Crippen molar-refractivity contribution in [2.24, 2.45) is 0 Å². The maximum atomic E-state index is 12.0. The predicted molar refractivity (Wildman–Crippen MR) is 68.7 cm³/mol. The van der Waals surface area contributed by atoms with E-state index in [1.165, 1.54) is 7.11 Å². The van der Waals surface area contributed by atoms with Crippen LogP contribution < -0.4 is 15.8 Å². The fourth-order valence-corrected chi connectivity index (χ4v) is 2.06. The number of hydrogen-bond donors (Lipinski definition) is 2. The van der Waals surface area contributed by atoms with Gasteiger partial charge in [-0.2, -0.15) is 0 Å². The molecule has 3 N–H and O–H groups in total. The number of hydrogen-bond acceptors (Lipinski definition) is 4. The molecule has 5 heteroatoms. The average molecular weight is 250 g/mol. The number of nitrogen functional groups attached to an aromatic ring is 1. The molecular formula is C13H18N2O3. The molecule has 2 rings (SSSR count). The Bertz CT molecular complexity index is 442.